The molecule has 0 bridgehead atoms. The van der Waals surface area contributed by atoms with Gasteiger partial charge in [-0.3, -0.25) is 4.79 Å². The van der Waals surface area contributed by atoms with E-state index in [1.54, 1.807) is 0 Å². The molecule has 2 aliphatic heterocycles. The van der Waals surface area contributed by atoms with Crippen molar-refractivity contribution in [3.8, 4) is 0 Å². The maximum atomic E-state index is 12.3. The van der Waals surface area contributed by atoms with E-state index in [4.69, 9.17) is 0 Å². The average molecular weight is 267 g/mol. The second kappa shape index (κ2) is 4.90. The van der Waals surface area contributed by atoms with Gasteiger partial charge in [-0.2, -0.15) is 0 Å². The van der Waals surface area contributed by atoms with E-state index in [-0.39, 0.29) is 24.4 Å². The number of nitrogens with zero attached hydrogens (tertiary/aromatic N) is 1. The van der Waals surface area contributed by atoms with E-state index in [0.29, 0.717) is 0 Å². The van der Waals surface area contributed by atoms with E-state index >= 15 is 0 Å². The number of hydrogen-bond donors (Lipinski definition) is 1. The van der Waals surface area contributed by atoms with Gasteiger partial charge in [-0.15, -0.1) is 12.4 Å². The molecule has 0 aromatic heterocycles. The number of fused-ring (bicyclic) bond motifs is 3. The van der Waals surface area contributed by atoms with Crippen LogP contribution in [0.1, 0.15) is 40.0 Å². The van der Waals surface area contributed by atoms with Crippen LogP contribution in [0, 0.1) is 6.92 Å². The fourth-order valence-corrected chi connectivity index (χ4v) is 3.02. The first kappa shape index (κ1) is 13.4. The van der Waals surface area contributed by atoms with Gasteiger partial charge in [0, 0.05) is 25.2 Å². The lowest BCUT2D eigenvalue weighted by Gasteiger charge is -2.30. The van der Waals surface area contributed by atoms with Gasteiger partial charge in [0.25, 0.3) is 5.91 Å². The van der Waals surface area contributed by atoms with Crippen LogP contribution in [0.3, 0.4) is 0 Å². The molecule has 0 unspecified atom stereocenters. The Hall–Kier alpha value is -1.06. The number of nitrogens with one attached hydrogen (secondary N) is 1. The van der Waals surface area contributed by atoms with Gasteiger partial charge in [0.2, 0.25) is 0 Å². The average Bonchev–Trinajstić information content (AvgIpc) is 2.64. The third-order valence-electron chi connectivity index (χ3n) is 3.91. The highest BCUT2D eigenvalue weighted by molar-refractivity contribution is 6.00. The molecule has 98 valence electrons. The first-order valence-electron chi connectivity index (χ1n) is 6.37. The lowest BCUT2D eigenvalue weighted by Crippen LogP contribution is -2.44. The van der Waals surface area contributed by atoms with E-state index in [1.807, 2.05) is 4.90 Å². The summed E-state index contributed by atoms with van der Waals surface area (Å²) >= 11 is 0. The standard InChI is InChI=1S/C14H18N2O.ClH/c1-3-10-6-9(2)13-11(7-10)12-8-15-4-5-16(12)14(13)17;/h6-7,12,15H,3-5,8H2,1-2H3;1H/t12-;/m1./s1. The first-order chi connectivity index (χ1) is 8.22. The fourth-order valence-electron chi connectivity index (χ4n) is 3.02. The third kappa shape index (κ3) is 1.82. The summed E-state index contributed by atoms with van der Waals surface area (Å²) in [6.07, 6.45) is 1.03. The van der Waals surface area contributed by atoms with E-state index in [0.717, 1.165) is 37.2 Å². The monoisotopic (exact) mass is 266 g/mol. The quantitative estimate of drug-likeness (QED) is 0.844. The molecule has 1 amide bonds. The molecule has 1 N–H and O–H groups in total. The molecular formula is C14H19ClN2O. The van der Waals surface area contributed by atoms with Crippen LogP contribution < -0.4 is 5.32 Å². The largest absolute Gasteiger partial charge is 0.329 e. The summed E-state index contributed by atoms with van der Waals surface area (Å²) in [6.45, 7) is 6.86. The first-order valence-corrected chi connectivity index (χ1v) is 6.37. The highest BCUT2D eigenvalue weighted by Gasteiger charge is 2.38. The summed E-state index contributed by atoms with van der Waals surface area (Å²) in [7, 11) is 0. The Morgan fingerprint density at radius 1 is 1.44 bits per heavy atom. The zero-order chi connectivity index (χ0) is 12.0. The van der Waals surface area contributed by atoms with Crippen molar-refractivity contribution in [1.82, 2.24) is 10.2 Å². The van der Waals surface area contributed by atoms with Gasteiger partial charge in [-0.05, 0) is 30.0 Å². The predicted molar refractivity (Wildman–Crippen MR) is 74.5 cm³/mol. The highest BCUT2D eigenvalue weighted by atomic mass is 35.5. The molecule has 3 rings (SSSR count). The van der Waals surface area contributed by atoms with Crippen molar-refractivity contribution >= 4 is 18.3 Å². The van der Waals surface area contributed by atoms with Crippen molar-refractivity contribution in [3.63, 3.8) is 0 Å². The number of carbonyl (C=O) groups excluding carboxylic acids is 1. The van der Waals surface area contributed by atoms with Crippen LogP contribution in [0.15, 0.2) is 12.1 Å². The molecule has 1 aromatic carbocycles. The van der Waals surface area contributed by atoms with Crippen LogP contribution in [-0.4, -0.2) is 30.4 Å². The topological polar surface area (TPSA) is 32.3 Å². The predicted octanol–water partition coefficient (Wildman–Crippen LogP) is 2.08. The second-order valence-corrected chi connectivity index (χ2v) is 4.95. The molecule has 3 nitrogen and oxygen atoms in total. The minimum atomic E-state index is 0. The van der Waals surface area contributed by atoms with Crippen molar-refractivity contribution < 1.29 is 4.79 Å². The Bertz CT molecular complexity index is 487. The van der Waals surface area contributed by atoms with Crippen LogP contribution >= 0.6 is 12.4 Å². The van der Waals surface area contributed by atoms with Crippen LogP contribution in [0.2, 0.25) is 0 Å². The van der Waals surface area contributed by atoms with Crippen LogP contribution in [0.4, 0.5) is 0 Å². The maximum Gasteiger partial charge on any atom is 0.255 e. The number of benzene rings is 1. The fraction of sp³-hybridized carbons (Fsp3) is 0.500. The number of aryl methyl sites for hydroxylation is 2. The molecule has 4 heteroatoms. The summed E-state index contributed by atoms with van der Waals surface area (Å²) in [4.78, 5) is 14.4. The molecule has 1 atom stereocenters. The van der Waals surface area contributed by atoms with Gasteiger partial charge in [-0.1, -0.05) is 19.1 Å². The SMILES string of the molecule is CCc1cc(C)c2c(c1)[C@H]1CNCCN1C2=O.Cl. The summed E-state index contributed by atoms with van der Waals surface area (Å²) in [5.74, 6) is 0.228. The number of hydrogen-bond acceptors (Lipinski definition) is 2. The number of halogens is 1. The summed E-state index contributed by atoms with van der Waals surface area (Å²) in [5.41, 5.74) is 4.66. The van der Waals surface area contributed by atoms with E-state index < -0.39 is 0 Å². The molecule has 18 heavy (non-hydrogen) atoms. The smallest absolute Gasteiger partial charge is 0.255 e. The Morgan fingerprint density at radius 3 is 2.94 bits per heavy atom. The number of carbonyl (C=O) groups is 1. The maximum absolute atomic E-state index is 12.3. The highest BCUT2D eigenvalue weighted by Crippen LogP contribution is 2.36. The van der Waals surface area contributed by atoms with Gasteiger partial charge < -0.3 is 10.2 Å². The van der Waals surface area contributed by atoms with Gasteiger partial charge >= 0.3 is 0 Å². The molecular weight excluding hydrogens is 248 g/mol. The second-order valence-electron chi connectivity index (χ2n) is 4.95. The zero-order valence-electron chi connectivity index (χ0n) is 10.8. The van der Waals surface area contributed by atoms with E-state index in [1.165, 1.54) is 11.1 Å². The molecule has 1 saturated heterocycles. The van der Waals surface area contributed by atoms with Crippen molar-refractivity contribution in [2.75, 3.05) is 19.6 Å². The Morgan fingerprint density at radius 2 is 2.22 bits per heavy atom. The number of amides is 1. The molecule has 2 aliphatic rings. The zero-order valence-corrected chi connectivity index (χ0v) is 11.6. The van der Waals surface area contributed by atoms with Crippen LogP contribution in [-0.2, 0) is 6.42 Å². The molecule has 0 radical (unpaired) electrons. The molecule has 0 saturated carbocycles. The summed E-state index contributed by atoms with van der Waals surface area (Å²) in [5, 5.41) is 3.38. The van der Waals surface area contributed by atoms with Crippen molar-refractivity contribution in [2.45, 2.75) is 26.3 Å². The number of rotatable bonds is 1. The molecule has 0 spiro atoms. The minimum Gasteiger partial charge on any atom is -0.329 e. The summed E-state index contributed by atoms with van der Waals surface area (Å²) < 4.78 is 0. The van der Waals surface area contributed by atoms with Crippen LogP contribution in [0.25, 0.3) is 0 Å². The lowest BCUT2D eigenvalue weighted by molar-refractivity contribution is 0.0690. The number of piperazine rings is 1. The van der Waals surface area contributed by atoms with Gasteiger partial charge in [-0.25, -0.2) is 0 Å². The van der Waals surface area contributed by atoms with E-state index in [2.05, 4.69) is 31.3 Å². The van der Waals surface area contributed by atoms with Gasteiger partial charge in [0.15, 0.2) is 0 Å². The summed E-state index contributed by atoms with van der Waals surface area (Å²) in [6, 6.07) is 4.64. The third-order valence-corrected chi connectivity index (χ3v) is 3.91. The molecule has 0 aliphatic carbocycles. The van der Waals surface area contributed by atoms with Crippen molar-refractivity contribution in [2.24, 2.45) is 0 Å². The molecule has 1 fully saturated rings. The minimum absolute atomic E-state index is 0. The van der Waals surface area contributed by atoms with Crippen molar-refractivity contribution in [3.05, 3.63) is 34.4 Å². The van der Waals surface area contributed by atoms with Crippen molar-refractivity contribution in [1.29, 1.82) is 0 Å². The normalized spacial score (nSPS) is 21.3. The Kier molecular flexibility index (Phi) is 3.64. The Labute approximate surface area is 114 Å². The van der Waals surface area contributed by atoms with E-state index in [9.17, 15) is 4.79 Å². The van der Waals surface area contributed by atoms with Gasteiger partial charge in [0.05, 0.1) is 6.04 Å². The Balaban J connectivity index is 0.00000120. The van der Waals surface area contributed by atoms with Crippen LogP contribution in [0.5, 0.6) is 0 Å². The van der Waals surface area contributed by atoms with Gasteiger partial charge in [0.1, 0.15) is 0 Å². The molecule has 1 aromatic rings. The lowest BCUT2D eigenvalue weighted by atomic mass is 9.96. The molecule has 2 heterocycles.